The van der Waals surface area contributed by atoms with Gasteiger partial charge in [0.05, 0.1) is 5.92 Å². The highest BCUT2D eigenvalue weighted by Gasteiger charge is 2.29. The smallest absolute Gasteiger partial charge is 0.254 e. The van der Waals surface area contributed by atoms with Crippen LogP contribution in [0.3, 0.4) is 0 Å². The number of carbonyl (C=O) groups excluding carboxylic acids is 2. The minimum atomic E-state index is -0.126. The fourth-order valence-electron chi connectivity index (χ4n) is 5.64. The van der Waals surface area contributed by atoms with Crippen LogP contribution in [0.15, 0.2) is 72.8 Å². The zero-order valence-electron chi connectivity index (χ0n) is 21.6. The maximum atomic E-state index is 13.3. The van der Waals surface area contributed by atoms with E-state index in [1.165, 1.54) is 5.69 Å². The van der Waals surface area contributed by atoms with Crippen molar-refractivity contribution >= 4 is 28.3 Å². The van der Waals surface area contributed by atoms with Crippen molar-refractivity contribution in [1.29, 1.82) is 0 Å². The van der Waals surface area contributed by atoms with E-state index in [1.807, 2.05) is 47.4 Å². The van der Waals surface area contributed by atoms with E-state index < -0.39 is 0 Å². The van der Waals surface area contributed by atoms with Crippen molar-refractivity contribution in [3.63, 3.8) is 0 Å². The number of carbonyl (C=O) groups is 2. The van der Waals surface area contributed by atoms with Gasteiger partial charge in [-0.25, -0.2) is 0 Å². The van der Waals surface area contributed by atoms with E-state index in [1.54, 1.807) is 0 Å². The lowest BCUT2D eigenvalue weighted by molar-refractivity contribution is -0.126. The van der Waals surface area contributed by atoms with Gasteiger partial charge in [-0.1, -0.05) is 54.6 Å². The lowest BCUT2D eigenvalue weighted by atomic mass is 9.95. The molecule has 1 N–H and O–H groups in total. The molecule has 2 saturated heterocycles. The maximum Gasteiger partial charge on any atom is 0.254 e. The third-order valence-corrected chi connectivity index (χ3v) is 7.79. The predicted molar refractivity (Wildman–Crippen MR) is 150 cm³/mol. The van der Waals surface area contributed by atoms with Crippen LogP contribution >= 0.6 is 0 Å². The number of nitrogens with one attached hydrogen (secondary N) is 1. The number of piperidine rings is 1. The van der Waals surface area contributed by atoms with E-state index in [0.717, 1.165) is 74.7 Å². The third kappa shape index (κ3) is 6.31. The number of benzene rings is 3. The van der Waals surface area contributed by atoms with Crippen LogP contribution in [0.1, 0.15) is 36.0 Å². The van der Waals surface area contributed by atoms with Crippen molar-refractivity contribution in [2.45, 2.75) is 25.7 Å². The van der Waals surface area contributed by atoms with Gasteiger partial charge in [-0.2, -0.15) is 0 Å². The lowest BCUT2D eigenvalue weighted by Crippen LogP contribution is -2.47. The topological polar surface area (TPSA) is 55.9 Å². The van der Waals surface area contributed by atoms with Crippen LogP contribution in [0.25, 0.3) is 10.8 Å². The minimum Gasteiger partial charge on any atom is -0.369 e. The summed E-state index contributed by atoms with van der Waals surface area (Å²) >= 11 is 0. The Morgan fingerprint density at radius 1 is 0.811 bits per heavy atom. The zero-order chi connectivity index (χ0) is 25.5. The number of hydrogen-bond acceptors (Lipinski definition) is 4. The predicted octanol–water partition coefficient (Wildman–Crippen LogP) is 4.41. The number of unbranched alkanes of at least 4 members (excludes halogenated alkanes) is 1. The Kier molecular flexibility index (Phi) is 8.36. The van der Waals surface area contributed by atoms with Gasteiger partial charge >= 0.3 is 0 Å². The quantitative estimate of drug-likeness (QED) is 0.468. The van der Waals surface area contributed by atoms with Crippen LogP contribution in [0.5, 0.6) is 0 Å². The Bertz CT molecular complexity index is 1180. The van der Waals surface area contributed by atoms with E-state index in [9.17, 15) is 9.59 Å². The third-order valence-electron chi connectivity index (χ3n) is 7.79. The largest absolute Gasteiger partial charge is 0.369 e. The van der Waals surface area contributed by atoms with Crippen LogP contribution in [-0.4, -0.2) is 74.0 Å². The standard InChI is InChI=1S/C31H38N4O2/c36-30(32-17-6-7-18-33-20-22-34(23-21-33)27-13-2-1-3-14-27)26-12-9-19-35(24-26)31(37)29-16-8-11-25-10-4-5-15-28(25)29/h1-5,8,10-11,13-16,26H,6-7,9,12,17-24H2,(H,32,36). The number of anilines is 1. The van der Waals surface area contributed by atoms with Crippen molar-refractivity contribution in [3.05, 3.63) is 78.4 Å². The van der Waals surface area contributed by atoms with Gasteiger partial charge in [0.15, 0.2) is 0 Å². The fourth-order valence-corrected chi connectivity index (χ4v) is 5.64. The average Bonchev–Trinajstić information content (AvgIpc) is 2.97. The first-order valence-corrected chi connectivity index (χ1v) is 13.8. The van der Waals surface area contributed by atoms with Crippen LogP contribution in [0.2, 0.25) is 0 Å². The van der Waals surface area contributed by atoms with Gasteiger partial charge in [0.25, 0.3) is 5.91 Å². The Balaban J connectivity index is 1.02. The SMILES string of the molecule is O=C(NCCCCN1CCN(c2ccccc2)CC1)C1CCCN(C(=O)c2cccc3ccccc23)C1. The lowest BCUT2D eigenvalue weighted by Gasteiger charge is -2.36. The molecule has 0 spiro atoms. The van der Waals surface area contributed by atoms with Crippen molar-refractivity contribution < 1.29 is 9.59 Å². The summed E-state index contributed by atoms with van der Waals surface area (Å²) in [5.74, 6) is -0.00713. The number of piperazine rings is 1. The molecule has 2 heterocycles. The summed E-state index contributed by atoms with van der Waals surface area (Å²) in [6, 6.07) is 24.5. The van der Waals surface area contributed by atoms with Gasteiger partial charge in [0.2, 0.25) is 5.91 Å². The van der Waals surface area contributed by atoms with Crippen molar-refractivity contribution in [2.75, 3.05) is 57.3 Å². The number of amides is 2. The van der Waals surface area contributed by atoms with E-state index in [2.05, 4.69) is 45.4 Å². The molecule has 0 saturated carbocycles. The molecule has 3 aromatic rings. The number of nitrogens with zero attached hydrogens (tertiary/aromatic N) is 3. The molecule has 3 aromatic carbocycles. The zero-order valence-corrected chi connectivity index (χ0v) is 21.6. The molecule has 0 radical (unpaired) electrons. The van der Waals surface area contributed by atoms with E-state index in [0.29, 0.717) is 19.6 Å². The molecule has 0 bridgehead atoms. The molecule has 6 heteroatoms. The Morgan fingerprint density at radius 3 is 2.41 bits per heavy atom. The Labute approximate surface area is 220 Å². The summed E-state index contributed by atoms with van der Waals surface area (Å²) in [4.78, 5) is 33.1. The number of para-hydroxylation sites is 1. The average molecular weight is 499 g/mol. The summed E-state index contributed by atoms with van der Waals surface area (Å²) in [5, 5.41) is 5.19. The summed E-state index contributed by atoms with van der Waals surface area (Å²) in [6.45, 7) is 7.30. The van der Waals surface area contributed by atoms with Gasteiger partial charge < -0.3 is 15.1 Å². The Hall–Kier alpha value is -3.38. The number of likely N-dealkylation sites (tertiary alicyclic amines) is 1. The Morgan fingerprint density at radius 2 is 1.57 bits per heavy atom. The second-order valence-electron chi connectivity index (χ2n) is 10.3. The van der Waals surface area contributed by atoms with E-state index in [-0.39, 0.29) is 17.7 Å². The molecule has 0 aromatic heterocycles. The molecule has 0 aliphatic carbocycles. The molecular formula is C31H38N4O2. The number of rotatable bonds is 8. The molecule has 194 valence electrons. The van der Waals surface area contributed by atoms with Crippen LogP contribution < -0.4 is 10.2 Å². The first-order valence-electron chi connectivity index (χ1n) is 13.8. The summed E-state index contributed by atoms with van der Waals surface area (Å²) in [5.41, 5.74) is 2.04. The van der Waals surface area contributed by atoms with Gasteiger partial charge in [0.1, 0.15) is 0 Å². The first kappa shape index (κ1) is 25.3. The normalized spacial score (nSPS) is 18.6. The minimum absolute atomic E-state index is 0.0293. The summed E-state index contributed by atoms with van der Waals surface area (Å²) < 4.78 is 0. The fraction of sp³-hybridized carbons (Fsp3) is 0.419. The van der Waals surface area contributed by atoms with Crippen LogP contribution in [-0.2, 0) is 4.79 Å². The molecule has 2 fully saturated rings. The van der Waals surface area contributed by atoms with Crippen LogP contribution in [0, 0.1) is 5.92 Å². The molecule has 37 heavy (non-hydrogen) atoms. The summed E-state index contributed by atoms with van der Waals surface area (Å²) in [7, 11) is 0. The number of fused-ring (bicyclic) bond motifs is 1. The molecular weight excluding hydrogens is 460 g/mol. The first-order chi connectivity index (χ1) is 18.2. The maximum absolute atomic E-state index is 13.3. The second kappa shape index (κ2) is 12.2. The van der Waals surface area contributed by atoms with Gasteiger partial charge in [0, 0.05) is 57.1 Å². The molecule has 2 aliphatic rings. The van der Waals surface area contributed by atoms with E-state index >= 15 is 0 Å². The second-order valence-corrected chi connectivity index (χ2v) is 10.3. The highest BCUT2D eigenvalue weighted by molar-refractivity contribution is 6.07. The van der Waals surface area contributed by atoms with E-state index in [4.69, 9.17) is 0 Å². The molecule has 2 aliphatic heterocycles. The van der Waals surface area contributed by atoms with Crippen molar-refractivity contribution in [2.24, 2.45) is 5.92 Å². The van der Waals surface area contributed by atoms with Gasteiger partial charge in [-0.3, -0.25) is 14.5 Å². The van der Waals surface area contributed by atoms with Gasteiger partial charge in [-0.05, 0) is 61.2 Å². The highest BCUT2D eigenvalue weighted by Crippen LogP contribution is 2.24. The molecule has 1 unspecified atom stereocenters. The summed E-state index contributed by atoms with van der Waals surface area (Å²) in [6.07, 6.45) is 3.78. The number of hydrogen-bond donors (Lipinski definition) is 1. The van der Waals surface area contributed by atoms with Crippen molar-refractivity contribution in [3.8, 4) is 0 Å². The molecule has 5 rings (SSSR count). The van der Waals surface area contributed by atoms with Gasteiger partial charge in [-0.15, -0.1) is 0 Å². The van der Waals surface area contributed by atoms with Crippen molar-refractivity contribution in [1.82, 2.24) is 15.1 Å². The van der Waals surface area contributed by atoms with Crippen LogP contribution in [0.4, 0.5) is 5.69 Å². The molecule has 6 nitrogen and oxygen atoms in total. The highest BCUT2D eigenvalue weighted by atomic mass is 16.2. The monoisotopic (exact) mass is 498 g/mol. The molecule has 1 atom stereocenters. The molecule has 2 amide bonds.